The van der Waals surface area contributed by atoms with E-state index in [9.17, 15) is 9.59 Å². The van der Waals surface area contributed by atoms with E-state index in [0.29, 0.717) is 29.0 Å². The second-order valence-corrected chi connectivity index (χ2v) is 6.24. The van der Waals surface area contributed by atoms with Gasteiger partial charge in [0, 0.05) is 17.6 Å². The minimum Gasteiger partial charge on any atom is -0.366 e. The van der Waals surface area contributed by atoms with E-state index in [4.69, 9.17) is 17.3 Å². The third kappa shape index (κ3) is 2.91. The first-order valence-corrected chi connectivity index (χ1v) is 7.64. The van der Waals surface area contributed by atoms with Crippen LogP contribution in [-0.2, 0) is 0 Å². The highest BCUT2D eigenvalue weighted by molar-refractivity contribution is 6.31. The fourth-order valence-electron chi connectivity index (χ4n) is 3.39. The lowest BCUT2D eigenvalue weighted by Crippen LogP contribution is -2.37. The maximum atomic E-state index is 12.8. The zero-order valence-electron chi connectivity index (χ0n) is 12.6. The summed E-state index contributed by atoms with van der Waals surface area (Å²) in [5, 5.41) is 0.398. The number of benzene rings is 1. The lowest BCUT2D eigenvalue weighted by atomic mass is 9.90. The van der Waals surface area contributed by atoms with Crippen molar-refractivity contribution in [2.24, 2.45) is 17.6 Å². The zero-order valence-corrected chi connectivity index (χ0v) is 13.4. The topological polar surface area (TPSA) is 63.4 Å². The first kappa shape index (κ1) is 15.8. The second-order valence-electron chi connectivity index (χ2n) is 5.80. The summed E-state index contributed by atoms with van der Waals surface area (Å²) < 4.78 is 0. The van der Waals surface area contributed by atoms with E-state index in [1.54, 1.807) is 12.1 Å². The highest BCUT2D eigenvalue weighted by Crippen LogP contribution is 2.33. The van der Waals surface area contributed by atoms with Gasteiger partial charge in [0.2, 0.25) is 5.91 Å². The van der Waals surface area contributed by atoms with Crippen LogP contribution >= 0.6 is 11.6 Å². The fourth-order valence-corrected chi connectivity index (χ4v) is 3.56. The van der Waals surface area contributed by atoms with Gasteiger partial charge in [-0.3, -0.25) is 9.59 Å². The lowest BCUT2D eigenvalue weighted by Gasteiger charge is -2.25. The summed E-state index contributed by atoms with van der Waals surface area (Å²) in [6.07, 6.45) is 1.04. The minimum atomic E-state index is -0.632. The number of hydrogen-bond acceptors (Lipinski definition) is 2. The van der Waals surface area contributed by atoms with Gasteiger partial charge in [-0.2, -0.15) is 0 Å². The molecule has 4 nitrogen and oxygen atoms in total. The molecule has 1 aliphatic rings. The van der Waals surface area contributed by atoms with Crippen molar-refractivity contribution in [1.82, 2.24) is 4.90 Å². The van der Waals surface area contributed by atoms with E-state index in [1.165, 1.54) is 6.07 Å². The molecule has 2 rings (SSSR count). The lowest BCUT2D eigenvalue weighted by molar-refractivity contribution is 0.0726. The Hall–Kier alpha value is -1.55. The standard InChI is InChI=1S/C16H21ClN2O2/c1-4-12-9(2)8-19(10(12)3)16(21)13-6-5-11(17)7-14(13)15(18)20/h5-7,9-10,12H,4,8H2,1-3H3,(H2,18,20). The van der Waals surface area contributed by atoms with E-state index in [2.05, 4.69) is 20.8 Å². The molecule has 2 N–H and O–H groups in total. The molecular formula is C16H21ClN2O2. The van der Waals surface area contributed by atoms with Crippen LogP contribution in [0.2, 0.25) is 5.02 Å². The average Bonchev–Trinajstić information content (AvgIpc) is 2.72. The van der Waals surface area contributed by atoms with Gasteiger partial charge in [0.25, 0.3) is 5.91 Å². The molecule has 3 unspecified atom stereocenters. The number of nitrogens with two attached hydrogens (primary N) is 1. The SMILES string of the molecule is CCC1C(C)CN(C(=O)c2ccc(Cl)cc2C(N)=O)C1C. The number of rotatable bonds is 3. The zero-order chi connectivity index (χ0) is 15.7. The van der Waals surface area contributed by atoms with Crippen LogP contribution in [0.15, 0.2) is 18.2 Å². The molecule has 1 fully saturated rings. The molecule has 21 heavy (non-hydrogen) atoms. The van der Waals surface area contributed by atoms with Crippen LogP contribution < -0.4 is 5.73 Å². The molecule has 2 amide bonds. The number of nitrogens with zero attached hydrogens (tertiary/aromatic N) is 1. The summed E-state index contributed by atoms with van der Waals surface area (Å²) in [4.78, 5) is 26.2. The second kappa shape index (κ2) is 6.06. The average molecular weight is 309 g/mol. The maximum Gasteiger partial charge on any atom is 0.254 e. The molecule has 0 saturated carbocycles. The van der Waals surface area contributed by atoms with Gasteiger partial charge in [-0.1, -0.05) is 31.9 Å². The first-order valence-electron chi connectivity index (χ1n) is 7.27. The van der Waals surface area contributed by atoms with Gasteiger partial charge in [0.1, 0.15) is 0 Å². The number of carbonyl (C=O) groups is 2. The number of hydrogen-bond donors (Lipinski definition) is 1. The monoisotopic (exact) mass is 308 g/mol. The molecule has 1 saturated heterocycles. The van der Waals surface area contributed by atoms with Gasteiger partial charge in [-0.05, 0) is 37.0 Å². The molecule has 0 radical (unpaired) electrons. The van der Waals surface area contributed by atoms with Crippen LogP contribution in [0.25, 0.3) is 0 Å². The number of amides is 2. The van der Waals surface area contributed by atoms with Gasteiger partial charge >= 0.3 is 0 Å². The van der Waals surface area contributed by atoms with Gasteiger partial charge in [-0.15, -0.1) is 0 Å². The molecule has 0 spiro atoms. The molecule has 5 heteroatoms. The van der Waals surface area contributed by atoms with Crippen molar-refractivity contribution in [3.63, 3.8) is 0 Å². The largest absolute Gasteiger partial charge is 0.366 e. The number of likely N-dealkylation sites (tertiary alicyclic amines) is 1. The van der Waals surface area contributed by atoms with E-state index in [0.717, 1.165) is 6.42 Å². The Labute approximate surface area is 130 Å². The molecule has 3 atom stereocenters. The summed E-state index contributed by atoms with van der Waals surface area (Å²) in [6.45, 7) is 7.08. The predicted octanol–water partition coefficient (Wildman–Crippen LogP) is 2.95. The third-order valence-corrected chi connectivity index (χ3v) is 4.77. The summed E-state index contributed by atoms with van der Waals surface area (Å²) in [5.41, 5.74) is 5.89. The van der Waals surface area contributed by atoms with Crippen LogP contribution in [0.4, 0.5) is 0 Å². The van der Waals surface area contributed by atoms with Crippen LogP contribution in [-0.4, -0.2) is 29.3 Å². The molecule has 0 bridgehead atoms. The molecule has 0 aromatic heterocycles. The van der Waals surface area contributed by atoms with Gasteiger partial charge in [0.15, 0.2) is 0 Å². The van der Waals surface area contributed by atoms with E-state index in [1.807, 2.05) is 4.90 Å². The highest BCUT2D eigenvalue weighted by Gasteiger charge is 2.38. The Morgan fingerprint density at radius 3 is 2.52 bits per heavy atom. The molecule has 0 aliphatic carbocycles. The molecule has 1 heterocycles. The van der Waals surface area contributed by atoms with Crippen molar-refractivity contribution in [3.05, 3.63) is 34.3 Å². The molecule has 1 aromatic rings. The van der Waals surface area contributed by atoms with E-state index in [-0.39, 0.29) is 17.5 Å². The Balaban J connectivity index is 2.35. The van der Waals surface area contributed by atoms with Crippen molar-refractivity contribution in [3.8, 4) is 0 Å². The van der Waals surface area contributed by atoms with Crippen LogP contribution in [0.5, 0.6) is 0 Å². The Kier molecular flexibility index (Phi) is 4.57. The molecule has 1 aromatic carbocycles. The summed E-state index contributed by atoms with van der Waals surface area (Å²) in [5.74, 6) is 0.167. The first-order chi connectivity index (χ1) is 9.86. The van der Waals surface area contributed by atoms with Crippen molar-refractivity contribution >= 4 is 23.4 Å². The van der Waals surface area contributed by atoms with Crippen molar-refractivity contribution in [1.29, 1.82) is 0 Å². The van der Waals surface area contributed by atoms with E-state index >= 15 is 0 Å². The summed E-state index contributed by atoms with van der Waals surface area (Å²) in [7, 11) is 0. The normalized spacial score (nSPS) is 25.1. The van der Waals surface area contributed by atoms with Crippen molar-refractivity contribution in [2.75, 3.05) is 6.54 Å². The number of carbonyl (C=O) groups excluding carboxylic acids is 2. The van der Waals surface area contributed by atoms with Crippen LogP contribution in [0, 0.1) is 11.8 Å². The van der Waals surface area contributed by atoms with Gasteiger partial charge in [0.05, 0.1) is 11.1 Å². The molecule has 1 aliphatic heterocycles. The highest BCUT2D eigenvalue weighted by atomic mass is 35.5. The van der Waals surface area contributed by atoms with Crippen molar-refractivity contribution in [2.45, 2.75) is 33.2 Å². The Morgan fingerprint density at radius 2 is 2.00 bits per heavy atom. The number of halogens is 1. The number of primary amides is 1. The van der Waals surface area contributed by atoms with Crippen molar-refractivity contribution < 1.29 is 9.59 Å². The third-order valence-electron chi connectivity index (χ3n) is 4.54. The summed E-state index contributed by atoms with van der Waals surface area (Å²) >= 11 is 5.89. The molecule has 114 valence electrons. The van der Waals surface area contributed by atoms with Gasteiger partial charge < -0.3 is 10.6 Å². The Morgan fingerprint density at radius 1 is 1.33 bits per heavy atom. The smallest absolute Gasteiger partial charge is 0.254 e. The van der Waals surface area contributed by atoms with Crippen LogP contribution in [0.1, 0.15) is 47.9 Å². The van der Waals surface area contributed by atoms with E-state index < -0.39 is 5.91 Å². The maximum absolute atomic E-state index is 12.8. The summed E-state index contributed by atoms with van der Waals surface area (Å²) in [6, 6.07) is 4.82. The minimum absolute atomic E-state index is 0.143. The molecular weight excluding hydrogens is 288 g/mol. The predicted molar refractivity (Wildman–Crippen MR) is 83.4 cm³/mol. The Bertz CT molecular complexity index is 573. The quantitative estimate of drug-likeness (QED) is 0.933. The fraction of sp³-hybridized carbons (Fsp3) is 0.500. The van der Waals surface area contributed by atoms with Crippen LogP contribution in [0.3, 0.4) is 0 Å². The van der Waals surface area contributed by atoms with Gasteiger partial charge in [-0.25, -0.2) is 0 Å².